The fraction of sp³-hybridized carbons (Fsp3) is 0.115. The molecule has 0 saturated carbocycles. The summed E-state index contributed by atoms with van der Waals surface area (Å²) < 4.78 is 5.17. The van der Waals surface area contributed by atoms with Gasteiger partial charge in [0.2, 0.25) is 0 Å². The number of nitrogens with one attached hydrogen (secondary N) is 2. The first kappa shape index (κ1) is 22.5. The molecule has 6 nitrogen and oxygen atoms in total. The van der Waals surface area contributed by atoms with Crippen LogP contribution in [0.1, 0.15) is 38.8 Å². The van der Waals surface area contributed by atoms with Crippen molar-refractivity contribution in [1.82, 2.24) is 5.32 Å². The third kappa shape index (κ3) is 5.92. The van der Waals surface area contributed by atoms with Crippen LogP contribution < -0.4 is 15.4 Å². The first-order chi connectivity index (χ1) is 15.4. The summed E-state index contributed by atoms with van der Waals surface area (Å²) in [7, 11) is 1.57. The number of ketones is 1. The second-order valence-corrected chi connectivity index (χ2v) is 7.24. The number of aryl methyl sites for hydroxylation is 1. The summed E-state index contributed by atoms with van der Waals surface area (Å²) in [5.41, 5.74) is 3.32. The summed E-state index contributed by atoms with van der Waals surface area (Å²) in [5, 5.41) is 5.46. The van der Waals surface area contributed by atoms with Crippen LogP contribution in [0.5, 0.6) is 5.75 Å². The number of Topliss-reactive ketones (excluding diaryl/α,β-unsaturated/α-hetero) is 1. The van der Waals surface area contributed by atoms with E-state index in [-0.39, 0.29) is 11.5 Å². The molecule has 0 unspecified atom stereocenters. The minimum atomic E-state index is -0.489. The Morgan fingerprint density at radius 2 is 1.41 bits per heavy atom. The lowest BCUT2D eigenvalue weighted by Crippen LogP contribution is -2.30. The molecule has 0 atom stereocenters. The zero-order chi connectivity index (χ0) is 23.1. The molecule has 3 aromatic carbocycles. The van der Waals surface area contributed by atoms with Gasteiger partial charge in [-0.1, -0.05) is 29.8 Å². The van der Waals surface area contributed by atoms with Crippen molar-refractivity contribution in [3.8, 4) is 5.75 Å². The summed E-state index contributed by atoms with van der Waals surface area (Å²) in [4.78, 5) is 37.2. The molecule has 6 heteroatoms. The number of ether oxygens (including phenoxy) is 1. The molecule has 0 aliphatic carbocycles. The van der Waals surface area contributed by atoms with Crippen LogP contribution in [0.3, 0.4) is 0 Å². The van der Waals surface area contributed by atoms with Crippen LogP contribution in [0.2, 0.25) is 0 Å². The predicted molar refractivity (Wildman–Crippen MR) is 125 cm³/mol. The number of amides is 2. The van der Waals surface area contributed by atoms with Crippen LogP contribution in [0, 0.1) is 6.92 Å². The number of anilines is 1. The van der Waals surface area contributed by atoms with Gasteiger partial charge in [-0.25, -0.2) is 0 Å². The second-order valence-electron chi connectivity index (χ2n) is 7.24. The summed E-state index contributed by atoms with van der Waals surface area (Å²) in [5.74, 6) is -0.264. The van der Waals surface area contributed by atoms with E-state index in [9.17, 15) is 14.4 Å². The van der Waals surface area contributed by atoms with E-state index in [1.54, 1.807) is 73.8 Å². The highest BCUT2D eigenvalue weighted by Gasteiger charge is 2.15. The molecule has 0 aliphatic heterocycles. The van der Waals surface area contributed by atoms with Gasteiger partial charge in [-0.05, 0) is 74.0 Å². The molecule has 32 heavy (non-hydrogen) atoms. The summed E-state index contributed by atoms with van der Waals surface area (Å²) in [6, 6.07) is 20.7. The van der Waals surface area contributed by atoms with E-state index in [0.717, 1.165) is 5.56 Å². The van der Waals surface area contributed by atoms with Gasteiger partial charge in [0.05, 0.1) is 7.11 Å². The predicted octanol–water partition coefficient (Wildman–Crippen LogP) is 4.62. The Bertz CT molecular complexity index is 1150. The van der Waals surface area contributed by atoms with Gasteiger partial charge < -0.3 is 15.4 Å². The molecule has 0 heterocycles. The van der Waals surface area contributed by atoms with Crippen molar-refractivity contribution >= 4 is 29.4 Å². The number of carbonyl (C=O) groups is 3. The topological polar surface area (TPSA) is 84.5 Å². The average Bonchev–Trinajstić information content (AvgIpc) is 2.79. The van der Waals surface area contributed by atoms with Crippen molar-refractivity contribution in [3.63, 3.8) is 0 Å². The Morgan fingerprint density at radius 1 is 0.812 bits per heavy atom. The van der Waals surface area contributed by atoms with E-state index < -0.39 is 11.8 Å². The first-order valence-electron chi connectivity index (χ1n) is 10.0. The van der Waals surface area contributed by atoms with Gasteiger partial charge in [-0.2, -0.15) is 0 Å². The minimum absolute atomic E-state index is 0.0617. The summed E-state index contributed by atoms with van der Waals surface area (Å²) in [6.07, 6.45) is 1.59. The highest BCUT2D eigenvalue weighted by molar-refractivity contribution is 6.10. The van der Waals surface area contributed by atoms with Crippen LogP contribution in [0.25, 0.3) is 6.08 Å². The first-order valence-corrected chi connectivity index (χ1v) is 10.0. The minimum Gasteiger partial charge on any atom is -0.497 e. The average molecular weight is 428 g/mol. The second kappa shape index (κ2) is 10.2. The maximum absolute atomic E-state index is 13.0. The molecule has 0 saturated heterocycles. The van der Waals surface area contributed by atoms with Gasteiger partial charge in [0.25, 0.3) is 11.8 Å². The van der Waals surface area contributed by atoms with Crippen molar-refractivity contribution in [2.24, 2.45) is 0 Å². The standard InChI is InChI=1S/C26H24N2O4/c1-17-4-8-21(9-5-17)25(30)28-24(16-19-6-14-23(32-3)15-7-19)26(31)27-22-12-10-20(11-13-22)18(2)29/h4-16H,1-3H3,(H,27,31)(H,28,30)/b24-16+. The van der Waals surface area contributed by atoms with Crippen LogP contribution >= 0.6 is 0 Å². The van der Waals surface area contributed by atoms with Gasteiger partial charge in [0.1, 0.15) is 11.4 Å². The summed E-state index contributed by atoms with van der Waals surface area (Å²) in [6.45, 7) is 3.41. The molecule has 3 rings (SSSR count). The largest absolute Gasteiger partial charge is 0.497 e. The lowest BCUT2D eigenvalue weighted by Gasteiger charge is -2.12. The number of carbonyl (C=O) groups excluding carboxylic acids is 3. The van der Waals surface area contributed by atoms with Gasteiger partial charge in [-0.15, -0.1) is 0 Å². The zero-order valence-electron chi connectivity index (χ0n) is 18.1. The van der Waals surface area contributed by atoms with Gasteiger partial charge in [0, 0.05) is 16.8 Å². The molecule has 0 fully saturated rings. The van der Waals surface area contributed by atoms with Crippen LogP contribution in [0.4, 0.5) is 5.69 Å². The fourth-order valence-electron chi connectivity index (χ4n) is 2.91. The lowest BCUT2D eigenvalue weighted by molar-refractivity contribution is -0.113. The Hall–Kier alpha value is -4.19. The van der Waals surface area contributed by atoms with E-state index in [4.69, 9.17) is 4.74 Å². The number of rotatable bonds is 7. The maximum Gasteiger partial charge on any atom is 0.272 e. The molecule has 0 aromatic heterocycles. The van der Waals surface area contributed by atoms with Crippen LogP contribution in [-0.4, -0.2) is 24.7 Å². The zero-order valence-corrected chi connectivity index (χ0v) is 18.1. The number of hydrogen-bond donors (Lipinski definition) is 2. The highest BCUT2D eigenvalue weighted by atomic mass is 16.5. The van der Waals surface area contributed by atoms with Gasteiger partial charge in [-0.3, -0.25) is 14.4 Å². The normalized spacial score (nSPS) is 10.9. The van der Waals surface area contributed by atoms with Gasteiger partial charge >= 0.3 is 0 Å². The van der Waals surface area contributed by atoms with E-state index in [0.29, 0.717) is 28.1 Å². The maximum atomic E-state index is 13.0. The molecular formula is C26H24N2O4. The van der Waals surface area contributed by atoms with Crippen molar-refractivity contribution in [3.05, 3.63) is 101 Å². The number of methoxy groups -OCH3 is 1. The Morgan fingerprint density at radius 3 is 1.97 bits per heavy atom. The van der Waals surface area contributed by atoms with Crippen LogP contribution in [-0.2, 0) is 4.79 Å². The lowest BCUT2D eigenvalue weighted by atomic mass is 10.1. The Kier molecular flexibility index (Phi) is 7.18. The highest BCUT2D eigenvalue weighted by Crippen LogP contribution is 2.16. The van der Waals surface area contributed by atoms with E-state index >= 15 is 0 Å². The molecule has 0 bridgehead atoms. The monoisotopic (exact) mass is 428 g/mol. The third-order valence-electron chi connectivity index (χ3n) is 4.78. The Labute approximate surface area is 186 Å². The van der Waals surface area contributed by atoms with E-state index in [1.165, 1.54) is 6.92 Å². The molecule has 0 spiro atoms. The summed E-state index contributed by atoms with van der Waals surface area (Å²) >= 11 is 0. The SMILES string of the molecule is COc1ccc(/C=C(/NC(=O)c2ccc(C)cc2)C(=O)Nc2ccc(C(C)=O)cc2)cc1. The molecular weight excluding hydrogens is 404 g/mol. The number of benzene rings is 3. The molecule has 3 aromatic rings. The van der Waals surface area contributed by atoms with E-state index in [2.05, 4.69) is 10.6 Å². The molecule has 0 radical (unpaired) electrons. The van der Waals surface area contributed by atoms with Crippen molar-refractivity contribution < 1.29 is 19.1 Å². The molecule has 2 N–H and O–H groups in total. The smallest absolute Gasteiger partial charge is 0.272 e. The fourth-order valence-corrected chi connectivity index (χ4v) is 2.91. The quantitative estimate of drug-likeness (QED) is 0.425. The third-order valence-corrected chi connectivity index (χ3v) is 4.78. The van der Waals surface area contributed by atoms with Gasteiger partial charge in [0.15, 0.2) is 5.78 Å². The molecule has 162 valence electrons. The molecule has 2 amide bonds. The van der Waals surface area contributed by atoms with Crippen molar-refractivity contribution in [2.75, 3.05) is 12.4 Å². The molecule has 0 aliphatic rings. The van der Waals surface area contributed by atoms with Crippen LogP contribution in [0.15, 0.2) is 78.5 Å². The van der Waals surface area contributed by atoms with Crippen molar-refractivity contribution in [2.45, 2.75) is 13.8 Å². The van der Waals surface area contributed by atoms with Crippen molar-refractivity contribution in [1.29, 1.82) is 0 Å². The van der Waals surface area contributed by atoms with E-state index in [1.807, 2.05) is 19.1 Å². The number of hydrogen-bond acceptors (Lipinski definition) is 4. The Balaban J connectivity index is 1.86.